The van der Waals surface area contributed by atoms with Gasteiger partial charge in [-0.2, -0.15) is 0 Å². The predicted molar refractivity (Wildman–Crippen MR) is 125 cm³/mol. The highest BCUT2D eigenvalue weighted by atomic mass is 16.5. The van der Waals surface area contributed by atoms with E-state index in [9.17, 15) is 9.59 Å². The highest BCUT2D eigenvalue weighted by molar-refractivity contribution is 5.77. The molecule has 0 atom stereocenters. The second-order valence-corrected chi connectivity index (χ2v) is 9.17. The summed E-state index contributed by atoms with van der Waals surface area (Å²) in [5.74, 6) is 0.211. The lowest BCUT2D eigenvalue weighted by Crippen LogP contribution is -2.40. The van der Waals surface area contributed by atoms with Gasteiger partial charge in [0.05, 0.1) is 12.5 Å². The molecule has 1 aliphatic rings. The van der Waals surface area contributed by atoms with Crippen LogP contribution in [-0.4, -0.2) is 36.5 Å². The Bertz CT molecular complexity index is 430. The molecule has 0 aromatic rings. The molecular formula is C26H49NO3. The standard InChI is InChI=1S/C26H49NO3/c1-3-5-7-9-10-11-12-13-15-17-23-30-26(29)24-19-21-27(22-20-24)25(28)18-16-14-8-6-4-2/h24H,3-23H2,1-2H3. The van der Waals surface area contributed by atoms with Gasteiger partial charge in [-0.25, -0.2) is 0 Å². The van der Waals surface area contributed by atoms with Gasteiger partial charge in [-0.1, -0.05) is 97.3 Å². The number of hydrogen-bond donors (Lipinski definition) is 0. The van der Waals surface area contributed by atoms with E-state index in [2.05, 4.69) is 13.8 Å². The molecule has 4 nitrogen and oxygen atoms in total. The van der Waals surface area contributed by atoms with Gasteiger partial charge in [0.15, 0.2) is 0 Å². The third kappa shape index (κ3) is 13.3. The molecular weight excluding hydrogens is 374 g/mol. The number of carbonyl (C=O) groups excluding carboxylic acids is 2. The molecule has 4 heteroatoms. The molecule has 0 saturated carbocycles. The molecule has 0 aliphatic carbocycles. The molecule has 1 fully saturated rings. The molecule has 1 saturated heterocycles. The molecule has 1 rings (SSSR count). The van der Waals surface area contributed by atoms with Crippen molar-refractivity contribution in [2.75, 3.05) is 19.7 Å². The molecule has 0 aromatic heterocycles. The van der Waals surface area contributed by atoms with Crippen molar-refractivity contribution in [2.24, 2.45) is 5.92 Å². The van der Waals surface area contributed by atoms with Gasteiger partial charge in [-0.3, -0.25) is 9.59 Å². The molecule has 1 heterocycles. The normalized spacial score (nSPS) is 14.8. The molecule has 1 amide bonds. The summed E-state index contributed by atoms with van der Waals surface area (Å²) in [4.78, 5) is 26.5. The van der Waals surface area contributed by atoms with Gasteiger partial charge in [-0.05, 0) is 25.7 Å². The molecule has 0 aromatic carbocycles. The number of likely N-dealkylation sites (tertiary alicyclic amines) is 1. The van der Waals surface area contributed by atoms with Crippen molar-refractivity contribution in [3.63, 3.8) is 0 Å². The lowest BCUT2D eigenvalue weighted by atomic mass is 9.96. The summed E-state index contributed by atoms with van der Waals surface area (Å²) in [6.45, 7) is 6.45. The summed E-state index contributed by atoms with van der Waals surface area (Å²) in [6, 6.07) is 0. The Hall–Kier alpha value is -1.06. The van der Waals surface area contributed by atoms with E-state index in [0.717, 1.165) is 38.5 Å². The first-order valence-corrected chi connectivity index (χ1v) is 13.1. The van der Waals surface area contributed by atoms with Crippen molar-refractivity contribution in [3.05, 3.63) is 0 Å². The van der Waals surface area contributed by atoms with Gasteiger partial charge in [0, 0.05) is 19.5 Å². The van der Waals surface area contributed by atoms with Crippen LogP contribution < -0.4 is 0 Å². The Morgan fingerprint density at radius 2 is 1.17 bits per heavy atom. The quantitative estimate of drug-likeness (QED) is 0.175. The van der Waals surface area contributed by atoms with E-state index in [1.54, 1.807) is 0 Å². The van der Waals surface area contributed by atoms with E-state index in [1.807, 2.05) is 4.90 Å². The van der Waals surface area contributed by atoms with Crippen LogP contribution in [0.3, 0.4) is 0 Å². The van der Waals surface area contributed by atoms with Gasteiger partial charge in [0.2, 0.25) is 5.91 Å². The van der Waals surface area contributed by atoms with Crippen LogP contribution in [0.15, 0.2) is 0 Å². The molecule has 0 unspecified atom stereocenters. The highest BCUT2D eigenvalue weighted by Gasteiger charge is 2.27. The topological polar surface area (TPSA) is 46.6 Å². The third-order valence-electron chi connectivity index (χ3n) is 6.42. The molecule has 0 N–H and O–H groups in total. The second kappa shape index (κ2) is 18.7. The van der Waals surface area contributed by atoms with Crippen LogP contribution in [0, 0.1) is 5.92 Å². The zero-order valence-corrected chi connectivity index (χ0v) is 20.1. The largest absolute Gasteiger partial charge is 0.465 e. The maximum atomic E-state index is 12.3. The molecule has 0 radical (unpaired) electrons. The summed E-state index contributed by atoms with van der Waals surface area (Å²) >= 11 is 0. The number of hydrogen-bond acceptors (Lipinski definition) is 3. The molecule has 176 valence electrons. The van der Waals surface area contributed by atoms with E-state index in [1.165, 1.54) is 70.6 Å². The number of esters is 1. The van der Waals surface area contributed by atoms with Gasteiger partial charge in [-0.15, -0.1) is 0 Å². The number of nitrogens with zero attached hydrogens (tertiary/aromatic N) is 1. The van der Waals surface area contributed by atoms with Gasteiger partial charge in [0.1, 0.15) is 0 Å². The third-order valence-corrected chi connectivity index (χ3v) is 6.42. The lowest BCUT2D eigenvalue weighted by molar-refractivity contribution is -0.151. The fraction of sp³-hybridized carbons (Fsp3) is 0.923. The van der Waals surface area contributed by atoms with Crippen LogP contribution >= 0.6 is 0 Å². The summed E-state index contributed by atoms with van der Waals surface area (Å²) < 4.78 is 5.51. The zero-order chi connectivity index (χ0) is 21.9. The fourth-order valence-electron chi connectivity index (χ4n) is 4.28. The predicted octanol–water partition coefficient (Wildman–Crippen LogP) is 7.05. The van der Waals surface area contributed by atoms with E-state index in [4.69, 9.17) is 4.74 Å². The van der Waals surface area contributed by atoms with Crippen LogP contribution in [0.4, 0.5) is 0 Å². The average Bonchev–Trinajstić information content (AvgIpc) is 2.77. The van der Waals surface area contributed by atoms with E-state index >= 15 is 0 Å². The molecule has 0 spiro atoms. The number of piperidine rings is 1. The summed E-state index contributed by atoms with van der Waals surface area (Å²) in [5, 5.41) is 0. The highest BCUT2D eigenvalue weighted by Crippen LogP contribution is 2.20. The minimum absolute atomic E-state index is 0.0123. The Balaban J connectivity index is 1.97. The second-order valence-electron chi connectivity index (χ2n) is 9.17. The number of rotatable bonds is 18. The Labute approximate surface area is 186 Å². The maximum Gasteiger partial charge on any atom is 0.309 e. The molecule has 0 bridgehead atoms. The summed E-state index contributed by atoms with van der Waals surface area (Å²) in [6.07, 6.45) is 21.0. The van der Waals surface area contributed by atoms with Gasteiger partial charge >= 0.3 is 5.97 Å². The van der Waals surface area contributed by atoms with Crippen molar-refractivity contribution in [3.8, 4) is 0 Å². The lowest BCUT2D eigenvalue weighted by Gasteiger charge is -2.31. The van der Waals surface area contributed by atoms with Crippen LogP contribution in [0.1, 0.15) is 129 Å². The monoisotopic (exact) mass is 423 g/mol. The van der Waals surface area contributed by atoms with Gasteiger partial charge < -0.3 is 9.64 Å². The van der Waals surface area contributed by atoms with Crippen LogP contribution in [0.25, 0.3) is 0 Å². The number of amides is 1. The van der Waals surface area contributed by atoms with E-state index in [0.29, 0.717) is 26.1 Å². The van der Waals surface area contributed by atoms with Crippen molar-refractivity contribution >= 4 is 11.9 Å². The summed E-state index contributed by atoms with van der Waals surface area (Å²) in [7, 11) is 0. The first-order chi connectivity index (χ1) is 14.7. The number of carbonyl (C=O) groups is 2. The van der Waals surface area contributed by atoms with Crippen molar-refractivity contribution < 1.29 is 14.3 Å². The minimum atomic E-state index is -0.0439. The maximum absolute atomic E-state index is 12.3. The fourth-order valence-corrected chi connectivity index (χ4v) is 4.28. The van der Waals surface area contributed by atoms with Crippen LogP contribution in [-0.2, 0) is 14.3 Å². The summed E-state index contributed by atoms with van der Waals surface area (Å²) in [5.41, 5.74) is 0. The van der Waals surface area contributed by atoms with E-state index < -0.39 is 0 Å². The first-order valence-electron chi connectivity index (χ1n) is 13.1. The van der Waals surface area contributed by atoms with Crippen LogP contribution in [0.5, 0.6) is 0 Å². The molecule has 1 aliphatic heterocycles. The SMILES string of the molecule is CCCCCCCCCCCCOC(=O)C1CCN(C(=O)CCCCCCC)CC1. The Morgan fingerprint density at radius 3 is 1.70 bits per heavy atom. The van der Waals surface area contributed by atoms with Crippen LogP contribution in [0.2, 0.25) is 0 Å². The smallest absolute Gasteiger partial charge is 0.309 e. The van der Waals surface area contributed by atoms with Crippen molar-refractivity contribution in [1.82, 2.24) is 4.90 Å². The Morgan fingerprint density at radius 1 is 0.700 bits per heavy atom. The van der Waals surface area contributed by atoms with Crippen molar-refractivity contribution in [2.45, 2.75) is 129 Å². The van der Waals surface area contributed by atoms with E-state index in [-0.39, 0.29) is 17.8 Å². The Kier molecular flexibility index (Phi) is 16.8. The van der Waals surface area contributed by atoms with Crippen molar-refractivity contribution in [1.29, 1.82) is 0 Å². The first kappa shape index (κ1) is 27.0. The minimum Gasteiger partial charge on any atom is -0.465 e. The number of unbranched alkanes of at least 4 members (excludes halogenated alkanes) is 13. The molecule has 30 heavy (non-hydrogen) atoms. The number of ether oxygens (including phenoxy) is 1. The average molecular weight is 424 g/mol. The van der Waals surface area contributed by atoms with Gasteiger partial charge in [0.25, 0.3) is 0 Å². The zero-order valence-electron chi connectivity index (χ0n) is 20.1.